The van der Waals surface area contributed by atoms with Crippen LogP contribution in [0, 0.1) is 0 Å². The maximum Gasteiger partial charge on any atom is 0.225 e. The zero-order chi connectivity index (χ0) is 20.7. The Kier molecular flexibility index (Phi) is 4.43. The molecule has 0 spiro atoms. The molecule has 0 amide bonds. The summed E-state index contributed by atoms with van der Waals surface area (Å²) in [4.78, 5) is 12.3. The summed E-state index contributed by atoms with van der Waals surface area (Å²) in [6, 6.07) is 12.0. The first-order valence-corrected chi connectivity index (χ1v) is 10.2. The van der Waals surface area contributed by atoms with Crippen molar-refractivity contribution >= 4 is 28.5 Å². The van der Waals surface area contributed by atoms with Gasteiger partial charge in [0.1, 0.15) is 11.4 Å². The fourth-order valence-electron chi connectivity index (χ4n) is 3.52. The molecular formula is C22H25N7O. The lowest BCUT2D eigenvalue weighted by atomic mass is 10.1. The van der Waals surface area contributed by atoms with Crippen LogP contribution in [-0.4, -0.2) is 30.3 Å². The summed E-state index contributed by atoms with van der Waals surface area (Å²) in [5, 5.41) is 25.6. The molecule has 154 valence electrons. The molecular weight excluding hydrogens is 378 g/mol. The second-order valence-electron chi connectivity index (χ2n) is 8.34. The SMILES string of the molecule is CC(C)(O)c1cc(Nc2cc(C3CC3)[nH]n2)nc(NCc2cccc3[nH]ccc23)n1. The molecule has 0 unspecified atom stereocenters. The molecule has 0 saturated heterocycles. The number of rotatable bonds is 7. The molecule has 1 aromatic carbocycles. The summed E-state index contributed by atoms with van der Waals surface area (Å²) in [7, 11) is 0. The average Bonchev–Trinajstić information content (AvgIpc) is 3.26. The number of nitrogens with one attached hydrogen (secondary N) is 4. The van der Waals surface area contributed by atoms with Crippen LogP contribution in [-0.2, 0) is 12.1 Å². The van der Waals surface area contributed by atoms with Gasteiger partial charge in [-0.15, -0.1) is 0 Å². The van der Waals surface area contributed by atoms with E-state index in [2.05, 4.69) is 47.9 Å². The second-order valence-corrected chi connectivity index (χ2v) is 8.34. The van der Waals surface area contributed by atoms with Crippen LogP contribution in [0.2, 0.25) is 0 Å². The molecule has 5 N–H and O–H groups in total. The Morgan fingerprint density at radius 2 is 2.00 bits per heavy atom. The molecule has 3 heterocycles. The van der Waals surface area contributed by atoms with Gasteiger partial charge in [-0.25, -0.2) is 4.98 Å². The zero-order valence-corrected chi connectivity index (χ0v) is 17.0. The molecule has 0 bridgehead atoms. The van der Waals surface area contributed by atoms with E-state index in [1.54, 1.807) is 19.9 Å². The number of aliphatic hydroxyl groups is 1. The number of nitrogens with zero attached hydrogens (tertiary/aromatic N) is 3. The van der Waals surface area contributed by atoms with E-state index in [0.29, 0.717) is 35.7 Å². The molecule has 0 radical (unpaired) electrons. The van der Waals surface area contributed by atoms with Gasteiger partial charge in [-0.2, -0.15) is 10.1 Å². The highest BCUT2D eigenvalue weighted by Gasteiger charge is 2.26. The minimum atomic E-state index is -1.10. The van der Waals surface area contributed by atoms with Gasteiger partial charge in [0.05, 0.1) is 5.69 Å². The van der Waals surface area contributed by atoms with Gasteiger partial charge in [0.2, 0.25) is 5.95 Å². The third-order valence-corrected chi connectivity index (χ3v) is 5.35. The van der Waals surface area contributed by atoms with Crippen LogP contribution in [0.15, 0.2) is 42.6 Å². The summed E-state index contributed by atoms with van der Waals surface area (Å²) in [6.45, 7) is 3.99. The molecule has 1 aliphatic carbocycles. The van der Waals surface area contributed by atoms with Gasteiger partial charge in [0.25, 0.3) is 0 Å². The Labute approximate surface area is 174 Å². The Morgan fingerprint density at radius 1 is 1.13 bits per heavy atom. The van der Waals surface area contributed by atoms with Crippen molar-refractivity contribution in [1.82, 2.24) is 25.1 Å². The van der Waals surface area contributed by atoms with Gasteiger partial charge < -0.3 is 20.7 Å². The number of H-pyrrole nitrogens is 2. The van der Waals surface area contributed by atoms with E-state index in [1.165, 1.54) is 12.8 Å². The third-order valence-electron chi connectivity index (χ3n) is 5.35. The number of hydrogen-bond donors (Lipinski definition) is 5. The molecule has 3 aromatic heterocycles. The maximum absolute atomic E-state index is 10.5. The van der Waals surface area contributed by atoms with Crippen LogP contribution in [0.25, 0.3) is 10.9 Å². The molecule has 5 rings (SSSR count). The summed E-state index contributed by atoms with van der Waals surface area (Å²) in [5.41, 5.74) is 2.81. The van der Waals surface area contributed by atoms with Gasteiger partial charge in [-0.05, 0) is 44.4 Å². The minimum absolute atomic E-state index is 0.447. The summed E-state index contributed by atoms with van der Waals surface area (Å²) in [6.07, 6.45) is 4.35. The lowest BCUT2D eigenvalue weighted by Crippen LogP contribution is -2.19. The van der Waals surface area contributed by atoms with Crippen LogP contribution in [0.5, 0.6) is 0 Å². The van der Waals surface area contributed by atoms with E-state index in [0.717, 1.165) is 22.2 Å². The van der Waals surface area contributed by atoms with E-state index >= 15 is 0 Å². The number of benzene rings is 1. The Morgan fingerprint density at radius 3 is 2.80 bits per heavy atom. The fraction of sp³-hybridized carbons (Fsp3) is 0.318. The number of hydrogen-bond acceptors (Lipinski definition) is 6. The van der Waals surface area contributed by atoms with Crippen LogP contribution in [0.4, 0.5) is 17.6 Å². The van der Waals surface area contributed by atoms with E-state index in [9.17, 15) is 5.11 Å². The Bertz CT molecular complexity index is 1180. The number of fused-ring (bicyclic) bond motifs is 1. The van der Waals surface area contributed by atoms with Crippen LogP contribution in [0.3, 0.4) is 0 Å². The predicted octanol–water partition coefficient (Wildman–Crippen LogP) is 4.14. The first-order valence-electron chi connectivity index (χ1n) is 10.2. The topological polar surface area (TPSA) is 115 Å². The van der Waals surface area contributed by atoms with Crippen LogP contribution < -0.4 is 10.6 Å². The fourth-order valence-corrected chi connectivity index (χ4v) is 3.52. The predicted molar refractivity (Wildman–Crippen MR) is 117 cm³/mol. The zero-order valence-electron chi connectivity index (χ0n) is 17.0. The Hall–Kier alpha value is -3.39. The average molecular weight is 403 g/mol. The van der Waals surface area contributed by atoms with Crippen molar-refractivity contribution in [2.75, 3.05) is 10.6 Å². The highest BCUT2D eigenvalue weighted by molar-refractivity contribution is 5.83. The van der Waals surface area contributed by atoms with E-state index in [-0.39, 0.29) is 0 Å². The van der Waals surface area contributed by atoms with Crippen molar-refractivity contribution in [3.63, 3.8) is 0 Å². The van der Waals surface area contributed by atoms with Crippen LogP contribution in [0.1, 0.15) is 49.6 Å². The number of aromatic nitrogens is 5. The molecule has 8 heteroatoms. The van der Waals surface area contributed by atoms with Gasteiger partial charge in [0, 0.05) is 47.4 Å². The van der Waals surface area contributed by atoms with Gasteiger partial charge in [-0.3, -0.25) is 5.10 Å². The van der Waals surface area contributed by atoms with E-state index < -0.39 is 5.60 Å². The summed E-state index contributed by atoms with van der Waals surface area (Å²) in [5.74, 6) is 2.33. The summed E-state index contributed by atoms with van der Waals surface area (Å²) < 4.78 is 0. The Balaban J connectivity index is 1.40. The first-order chi connectivity index (χ1) is 14.5. The molecule has 8 nitrogen and oxygen atoms in total. The second kappa shape index (κ2) is 7.14. The lowest BCUT2D eigenvalue weighted by Gasteiger charge is -2.19. The highest BCUT2D eigenvalue weighted by Crippen LogP contribution is 2.39. The van der Waals surface area contributed by atoms with Crippen molar-refractivity contribution < 1.29 is 5.11 Å². The van der Waals surface area contributed by atoms with Crippen molar-refractivity contribution in [2.45, 2.75) is 44.8 Å². The molecule has 30 heavy (non-hydrogen) atoms. The molecule has 0 atom stereocenters. The van der Waals surface area contributed by atoms with Gasteiger partial charge in [-0.1, -0.05) is 12.1 Å². The van der Waals surface area contributed by atoms with Crippen LogP contribution >= 0.6 is 0 Å². The highest BCUT2D eigenvalue weighted by atomic mass is 16.3. The standard InChI is InChI=1S/C22H25N7O/c1-22(2,30)18-11-19(26-20-10-17(28-29-20)13-6-7-13)27-21(25-18)24-12-14-4-3-5-16-15(14)8-9-23-16/h3-5,8-11,13,23,30H,6-7,12H2,1-2H3,(H3,24,25,26,27,28,29). The third kappa shape index (κ3) is 3.86. The minimum Gasteiger partial charge on any atom is -0.384 e. The number of aromatic amines is 2. The van der Waals surface area contributed by atoms with E-state index in [4.69, 9.17) is 0 Å². The maximum atomic E-state index is 10.5. The largest absolute Gasteiger partial charge is 0.384 e. The quantitative estimate of drug-likeness (QED) is 0.317. The molecule has 0 aliphatic heterocycles. The van der Waals surface area contributed by atoms with Crippen molar-refractivity contribution in [3.8, 4) is 0 Å². The normalized spacial score (nSPS) is 14.2. The van der Waals surface area contributed by atoms with Gasteiger partial charge in [0.15, 0.2) is 5.82 Å². The van der Waals surface area contributed by atoms with Crippen molar-refractivity contribution in [2.24, 2.45) is 0 Å². The lowest BCUT2D eigenvalue weighted by molar-refractivity contribution is 0.0739. The molecule has 1 fully saturated rings. The molecule has 1 aliphatic rings. The van der Waals surface area contributed by atoms with Gasteiger partial charge >= 0.3 is 0 Å². The monoisotopic (exact) mass is 403 g/mol. The molecule has 1 saturated carbocycles. The molecule has 4 aromatic rings. The van der Waals surface area contributed by atoms with E-state index in [1.807, 2.05) is 24.4 Å². The smallest absolute Gasteiger partial charge is 0.225 e. The first kappa shape index (κ1) is 18.6. The van der Waals surface area contributed by atoms with Crippen molar-refractivity contribution in [3.05, 3.63) is 59.5 Å². The summed E-state index contributed by atoms with van der Waals surface area (Å²) >= 11 is 0. The van der Waals surface area contributed by atoms with Crippen molar-refractivity contribution in [1.29, 1.82) is 0 Å². The number of anilines is 3.